The molecule has 0 spiro atoms. The number of hydrogen-bond donors (Lipinski definition) is 3. The molecule has 2 aliphatic rings. The molecule has 1 aliphatic heterocycles. The molecule has 1 heterocycles. The monoisotopic (exact) mass is 425 g/mol. The normalized spacial score (nSPS) is 23.4. The third kappa shape index (κ3) is 5.02. The van der Waals surface area contributed by atoms with E-state index in [2.05, 4.69) is 22.2 Å². The minimum Gasteiger partial charge on any atom is -0.326 e. The first-order chi connectivity index (χ1) is 14.6. The average Bonchev–Trinajstić information content (AvgIpc) is 2.76. The summed E-state index contributed by atoms with van der Waals surface area (Å²) in [6.07, 6.45) is 6.22. The molecule has 2 amide bonds. The zero-order chi connectivity index (χ0) is 20.9. The maximum absolute atomic E-state index is 12.4. The van der Waals surface area contributed by atoms with Crippen molar-refractivity contribution in [1.29, 1.82) is 0 Å². The van der Waals surface area contributed by atoms with Gasteiger partial charge in [-0.1, -0.05) is 54.8 Å². The Bertz CT molecular complexity index is 917. The summed E-state index contributed by atoms with van der Waals surface area (Å²) in [5.41, 5.74) is 9.02. The zero-order valence-electron chi connectivity index (χ0n) is 17.0. The van der Waals surface area contributed by atoms with Crippen molar-refractivity contribution in [2.75, 3.05) is 5.32 Å². The standard InChI is InChI=1S/C24H28ClN3O2/c25-21-11-4-1-7-17(21)12-13-23(29)26-18-8-5-6-16(14-18)15-22-19-9-2-3-10-20(19)24(30)28-27-22/h1,4-8,11,14,19-20,22,27H,2-3,9-10,12-13,15H2,(H,26,29)(H,28,30). The fourth-order valence-corrected chi connectivity index (χ4v) is 4.97. The fourth-order valence-electron chi connectivity index (χ4n) is 4.74. The van der Waals surface area contributed by atoms with Gasteiger partial charge in [0.15, 0.2) is 0 Å². The van der Waals surface area contributed by atoms with Gasteiger partial charge in [0.25, 0.3) is 0 Å². The first kappa shape index (κ1) is 20.9. The summed E-state index contributed by atoms with van der Waals surface area (Å²) in [5.74, 6) is 0.608. The Labute approximate surface area is 182 Å². The number of hydrazine groups is 1. The largest absolute Gasteiger partial charge is 0.326 e. The summed E-state index contributed by atoms with van der Waals surface area (Å²) >= 11 is 6.18. The van der Waals surface area contributed by atoms with Crippen LogP contribution in [0, 0.1) is 11.8 Å². The summed E-state index contributed by atoms with van der Waals surface area (Å²) in [6.45, 7) is 0. The Kier molecular flexibility index (Phi) is 6.70. The van der Waals surface area contributed by atoms with E-state index >= 15 is 0 Å². The van der Waals surface area contributed by atoms with Crippen LogP contribution in [0.25, 0.3) is 0 Å². The fraction of sp³-hybridized carbons (Fsp3) is 0.417. The van der Waals surface area contributed by atoms with Gasteiger partial charge < -0.3 is 5.32 Å². The second kappa shape index (κ2) is 9.63. The summed E-state index contributed by atoms with van der Waals surface area (Å²) in [7, 11) is 0. The summed E-state index contributed by atoms with van der Waals surface area (Å²) < 4.78 is 0. The highest BCUT2D eigenvalue weighted by atomic mass is 35.5. The molecule has 6 heteroatoms. The van der Waals surface area contributed by atoms with Crippen molar-refractivity contribution in [3.8, 4) is 0 Å². The van der Waals surface area contributed by atoms with Crippen molar-refractivity contribution in [2.24, 2.45) is 11.8 Å². The molecule has 3 atom stereocenters. The minimum atomic E-state index is -0.0255. The van der Waals surface area contributed by atoms with Gasteiger partial charge in [-0.3, -0.25) is 15.0 Å². The molecule has 1 saturated carbocycles. The van der Waals surface area contributed by atoms with Crippen LogP contribution in [0.15, 0.2) is 48.5 Å². The predicted molar refractivity (Wildman–Crippen MR) is 119 cm³/mol. The Balaban J connectivity index is 1.35. The first-order valence-electron chi connectivity index (χ1n) is 10.8. The maximum atomic E-state index is 12.4. The SMILES string of the molecule is O=C(CCc1ccccc1Cl)Nc1cccc(CC2NNC(=O)C3CCCCC23)c1. The second-order valence-electron chi connectivity index (χ2n) is 8.34. The molecule has 0 aromatic heterocycles. The van der Waals surface area contributed by atoms with Crippen molar-refractivity contribution in [3.05, 3.63) is 64.7 Å². The van der Waals surface area contributed by atoms with Gasteiger partial charge in [-0.2, -0.15) is 0 Å². The number of nitrogens with one attached hydrogen (secondary N) is 3. The first-order valence-corrected chi connectivity index (χ1v) is 11.2. The topological polar surface area (TPSA) is 70.2 Å². The summed E-state index contributed by atoms with van der Waals surface area (Å²) in [6, 6.07) is 15.8. The van der Waals surface area contributed by atoms with Crippen molar-refractivity contribution in [1.82, 2.24) is 10.9 Å². The molecule has 1 saturated heterocycles. The van der Waals surface area contributed by atoms with Crippen LogP contribution >= 0.6 is 11.6 Å². The molecule has 158 valence electrons. The number of benzene rings is 2. The van der Waals surface area contributed by atoms with Crippen LogP contribution in [-0.4, -0.2) is 17.9 Å². The highest BCUT2D eigenvalue weighted by Crippen LogP contribution is 2.35. The minimum absolute atomic E-state index is 0.0255. The molecule has 5 nitrogen and oxygen atoms in total. The number of carbonyl (C=O) groups excluding carboxylic acids is 2. The van der Waals surface area contributed by atoms with E-state index in [-0.39, 0.29) is 23.8 Å². The number of carbonyl (C=O) groups is 2. The van der Waals surface area contributed by atoms with Gasteiger partial charge in [0, 0.05) is 29.1 Å². The van der Waals surface area contributed by atoms with Gasteiger partial charge >= 0.3 is 0 Å². The molecule has 2 aromatic carbocycles. The number of halogens is 1. The highest BCUT2D eigenvalue weighted by molar-refractivity contribution is 6.31. The lowest BCUT2D eigenvalue weighted by Crippen LogP contribution is -2.60. The van der Waals surface area contributed by atoms with Gasteiger partial charge in [0.05, 0.1) is 0 Å². The van der Waals surface area contributed by atoms with Crippen molar-refractivity contribution < 1.29 is 9.59 Å². The van der Waals surface area contributed by atoms with Crippen LogP contribution in [0.4, 0.5) is 5.69 Å². The van der Waals surface area contributed by atoms with Crippen LogP contribution in [0.3, 0.4) is 0 Å². The van der Waals surface area contributed by atoms with Crippen LogP contribution < -0.4 is 16.2 Å². The average molecular weight is 426 g/mol. The predicted octanol–water partition coefficient (Wildman–Crippen LogP) is 4.26. The molecule has 0 radical (unpaired) electrons. The van der Waals surface area contributed by atoms with Crippen LogP contribution in [0.2, 0.25) is 5.02 Å². The zero-order valence-corrected chi connectivity index (χ0v) is 17.8. The lowest BCUT2D eigenvalue weighted by molar-refractivity contribution is -0.133. The Morgan fingerprint density at radius 3 is 2.80 bits per heavy atom. The van der Waals surface area contributed by atoms with E-state index < -0.39 is 0 Å². The summed E-state index contributed by atoms with van der Waals surface area (Å²) in [4.78, 5) is 24.6. The molecular formula is C24H28ClN3O2. The van der Waals surface area contributed by atoms with Gasteiger partial charge in [-0.05, 0) is 60.9 Å². The molecule has 1 aliphatic carbocycles. The van der Waals surface area contributed by atoms with Gasteiger partial charge in [-0.25, -0.2) is 5.43 Å². The third-order valence-electron chi connectivity index (χ3n) is 6.30. The molecule has 2 aromatic rings. The van der Waals surface area contributed by atoms with E-state index in [0.29, 0.717) is 23.8 Å². The van der Waals surface area contributed by atoms with E-state index in [9.17, 15) is 9.59 Å². The van der Waals surface area contributed by atoms with Gasteiger partial charge in [0.2, 0.25) is 11.8 Å². The van der Waals surface area contributed by atoms with Crippen molar-refractivity contribution in [3.63, 3.8) is 0 Å². The van der Waals surface area contributed by atoms with E-state index in [1.807, 2.05) is 42.5 Å². The molecule has 30 heavy (non-hydrogen) atoms. The molecule has 0 bridgehead atoms. The summed E-state index contributed by atoms with van der Waals surface area (Å²) in [5, 5.41) is 3.70. The quantitative estimate of drug-likeness (QED) is 0.647. The molecule has 2 fully saturated rings. The molecule has 3 unspecified atom stereocenters. The second-order valence-corrected chi connectivity index (χ2v) is 8.75. The number of rotatable bonds is 6. The number of anilines is 1. The molecular weight excluding hydrogens is 398 g/mol. The third-order valence-corrected chi connectivity index (χ3v) is 6.67. The smallest absolute Gasteiger partial charge is 0.237 e. The molecule has 3 N–H and O–H groups in total. The Morgan fingerprint density at radius 1 is 1.10 bits per heavy atom. The Morgan fingerprint density at radius 2 is 1.93 bits per heavy atom. The van der Waals surface area contributed by atoms with Crippen molar-refractivity contribution in [2.45, 2.75) is 51.0 Å². The number of aryl methyl sites for hydroxylation is 1. The van der Waals surface area contributed by atoms with Crippen molar-refractivity contribution >= 4 is 29.1 Å². The van der Waals surface area contributed by atoms with Crippen LogP contribution in [0.1, 0.15) is 43.2 Å². The number of fused-ring (bicyclic) bond motifs is 1. The lowest BCUT2D eigenvalue weighted by atomic mass is 9.72. The van der Waals surface area contributed by atoms with E-state index in [4.69, 9.17) is 11.6 Å². The van der Waals surface area contributed by atoms with E-state index in [1.165, 1.54) is 6.42 Å². The highest BCUT2D eigenvalue weighted by Gasteiger charge is 2.39. The van der Waals surface area contributed by atoms with E-state index in [0.717, 1.165) is 42.5 Å². The molecule has 4 rings (SSSR count). The number of hydrogen-bond acceptors (Lipinski definition) is 3. The number of amides is 2. The Hall–Kier alpha value is -2.37. The van der Waals surface area contributed by atoms with E-state index in [1.54, 1.807) is 0 Å². The van der Waals surface area contributed by atoms with Crippen LogP contribution in [0.5, 0.6) is 0 Å². The van der Waals surface area contributed by atoms with Gasteiger partial charge in [0.1, 0.15) is 0 Å². The van der Waals surface area contributed by atoms with Gasteiger partial charge in [-0.15, -0.1) is 0 Å². The van der Waals surface area contributed by atoms with Crippen LogP contribution in [-0.2, 0) is 22.4 Å². The maximum Gasteiger partial charge on any atom is 0.237 e. The lowest BCUT2D eigenvalue weighted by Gasteiger charge is -2.41.